The van der Waals surface area contributed by atoms with E-state index in [9.17, 15) is 0 Å². The normalized spacial score (nSPS) is 18.9. The van der Waals surface area contributed by atoms with E-state index in [1.165, 1.54) is 0 Å². The summed E-state index contributed by atoms with van der Waals surface area (Å²) in [6.07, 6.45) is 4.65. The first-order valence-electron chi connectivity index (χ1n) is 5.01. The van der Waals surface area contributed by atoms with Crippen LogP contribution in [0.5, 0.6) is 0 Å². The average Bonchev–Trinajstić information content (AvgIpc) is 2.29. The zero-order chi connectivity index (χ0) is 10.7. The van der Waals surface area contributed by atoms with Crippen LogP contribution in [0.4, 0.5) is 5.69 Å². The maximum absolute atomic E-state index is 4.51. The number of aromatic nitrogens is 1. The molecule has 1 aliphatic heterocycles. The summed E-state index contributed by atoms with van der Waals surface area (Å²) < 4.78 is 3.16. The first-order chi connectivity index (χ1) is 7.29. The molecule has 0 spiro atoms. The summed E-state index contributed by atoms with van der Waals surface area (Å²) in [5.41, 5.74) is 1.07. The average molecular weight is 222 g/mol. The highest BCUT2D eigenvalue weighted by atomic mass is 32.2. The molecule has 0 aliphatic carbocycles. The van der Waals surface area contributed by atoms with Gasteiger partial charge >= 0.3 is 0 Å². The van der Waals surface area contributed by atoms with Crippen LogP contribution in [0.3, 0.4) is 0 Å². The third-order valence-corrected chi connectivity index (χ3v) is 3.08. The van der Waals surface area contributed by atoms with Crippen LogP contribution in [-0.4, -0.2) is 17.0 Å². The number of nitrogens with one attached hydrogen (secondary N) is 2. The van der Waals surface area contributed by atoms with Gasteiger partial charge in [-0.25, -0.2) is 4.99 Å². The molecular formula is C10H14N4S. The first kappa shape index (κ1) is 10.3. The molecule has 2 rings (SSSR count). The number of nitrogens with zero attached hydrogens (tertiary/aromatic N) is 2. The number of fused-ring (bicyclic) bond motifs is 1. The fourth-order valence-corrected chi connectivity index (χ4v) is 1.84. The van der Waals surface area contributed by atoms with E-state index in [1.807, 2.05) is 12.3 Å². The van der Waals surface area contributed by atoms with Crippen LogP contribution in [0.1, 0.15) is 20.3 Å². The van der Waals surface area contributed by atoms with Crippen molar-refractivity contribution < 1.29 is 0 Å². The summed E-state index contributed by atoms with van der Waals surface area (Å²) in [7, 11) is 0. The Labute approximate surface area is 93.7 Å². The molecule has 15 heavy (non-hydrogen) atoms. The lowest BCUT2D eigenvalue weighted by molar-refractivity contribution is 0.714. The molecule has 2 N–H and O–H groups in total. The number of hydrogen-bond acceptors (Lipinski definition) is 3. The van der Waals surface area contributed by atoms with Crippen molar-refractivity contribution in [3.63, 3.8) is 0 Å². The van der Waals surface area contributed by atoms with E-state index >= 15 is 0 Å². The third kappa shape index (κ3) is 2.41. The number of aliphatic imine (C=N–C) groups is 1. The van der Waals surface area contributed by atoms with Gasteiger partial charge in [-0.15, -0.1) is 0 Å². The second kappa shape index (κ2) is 4.53. The quantitative estimate of drug-likeness (QED) is 0.754. The SMILES string of the molecule is CCC(C)N=C1NSc2cnccc2N1. The molecular weight excluding hydrogens is 208 g/mol. The second-order valence-electron chi connectivity index (χ2n) is 3.44. The van der Waals surface area contributed by atoms with Crippen LogP contribution in [-0.2, 0) is 0 Å². The van der Waals surface area contributed by atoms with Crippen molar-refractivity contribution in [3.05, 3.63) is 18.5 Å². The Balaban J connectivity index is 2.15. The maximum atomic E-state index is 4.51. The molecule has 0 aromatic carbocycles. The van der Waals surface area contributed by atoms with Crippen LogP contribution in [0.15, 0.2) is 28.3 Å². The number of rotatable bonds is 2. The lowest BCUT2D eigenvalue weighted by Gasteiger charge is -2.20. The summed E-state index contributed by atoms with van der Waals surface area (Å²) in [5, 5.41) is 3.24. The number of hydrogen-bond donors (Lipinski definition) is 2. The Morgan fingerprint density at radius 2 is 2.47 bits per heavy atom. The van der Waals surface area contributed by atoms with E-state index in [0.717, 1.165) is 23.0 Å². The number of anilines is 1. The zero-order valence-electron chi connectivity index (χ0n) is 8.82. The molecule has 0 radical (unpaired) electrons. The van der Waals surface area contributed by atoms with Gasteiger partial charge in [0.1, 0.15) is 0 Å². The highest BCUT2D eigenvalue weighted by Gasteiger charge is 2.13. The van der Waals surface area contributed by atoms with E-state index in [0.29, 0.717) is 6.04 Å². The molecule has 0 bridgehead atoms. The van der Waals surface area contributed by atoms with E-state index in [2.05, 4.69) is 33.9 Å². The number of pyridine rings is 1. The summed E-state index contributed by atoms with van der Waals surface area (Å²) in [6, 6.07) is 2.29. The Bertz CT molecular complexity index is 377. The van der Waals surface area contributed by atoms with E-state index in [4.69, 9.17) is 0 Å². The summed E-state index contributed by atoms with van der Waals surface area (Å²) in [4.78, 5) is 9.66. The van der Waals surface area contributed by atoms with Crippen LogP contribution in [0.25, 0.3) is 0 Å². The molecule has 1 unspecified atom stereocenters. The van der Waals surface area contributed by atoms with Gasteiger partial charge in [-0.05, 0) is 31.4 Å². The second-order valence-corrected chi connectivity index (χ2v) is 4.28. The molecule has 80 valence electrons. The summed E-state index contributed by atoms with van der Waals surface area (Å²) in [5.74, 6) is 0.827. The molecule has 1 aromatic rings. The van der Waals surface area contributed by atoms with Crippen molar-refractivity contribution in [2.45, 2.75) is 31.2 Å². The number of guanidine groups is 1. The van der Waals surface area contributed by atoms with Crippen molar-refractivity contribution in [1.29, 1.82) is 0 Å². The van der Waals surface area contributed by atoms with Gasteiger partial charge in [-0.3, -0.25) is 9.71 Å². The Kier molecular flexibility index (Phi) is 3.11. The van der Waals surface area contributed by atoms with E-state index in [-0.39, 0.29) is 0 Å². The van der Waals surface area contributed by atoms with Gasteiger partial charge in [-0.1, -0.05) is 6.92 Å². The Morgan fingerprint density at radius 1 is 1.60 bits per heavy atom. The van der Waals surface area contributed by atoms with Crippen molar-refractivity contribution >= 4 is 23.6 Å². The zero-order valence-corrected chi connectivity index (χ0v) is 9.64. The van der Waals surface area contributed by atoms with Crippen LogP contribution < -0.4 is 10.0 Å². The molecule has 0 amide bonds. The minimum absolute atomic E-state index is 0.337. The fraction of sp³-hybridized carbons (Fsp3) is 0.400. The largest absolute Gasteiger partial charge is 0.324 e. The monoisotopic (exact) mass is 222 g/mol. The molecule has 1 atom stereocenters. The van der Waals surface area contributed by atoms with Crippen molar-refractivity contribution in [1.82, 2.24) is 9.71 Å². The lowest BCUT2D eigenvalue weighted by atomic mass is 10.3. The van der Waals surface area contributed by atoms with Gasteiger partial charge < -0.3 is 5.32 Å². The first-order valence-corrected chi connectivity index (χ1v) is 5.83. The fourth-order valence-electron chi connectivity index (χ4n) is 1.19. The summed E-state index contributed by atoms with van der Waals surface area (Å²) in [6.45, 7) is 4.23. The van der Waals surface area contributed by atoms with Crippen molar-refractivity contribution in [2.24, 2.45) is 4.99 Å². The van der Waals surface area contributed by atoms with Crippen LogP contribution in [0.2, 0.25) is 0 Å². The minimum Gasteiger partial charge on any atom is -0.324 e. The molecule has 4 nitrogen and oxygen atoms in total. The topological polar surface area (TPSA) is 49.3 Å². The van der Waals surface area contributed by atoms with Crippen molar-refractivity contribution in [2.75, 3.05) is 5.32 Å². The highest BCUT2D eigenvalue weighted by Crippen LogP contribution is 2.27. The molecule has 0 saturated heterocycles. The predicted molar refractivity (Wildman–Crippen MR) is 64.0 cm³/mol. The van der Waals surface area contributed by atoms with Gasteiger partial charge in [0.15, 0.2) is 0 Å². The predicted octanol–water partition coefficient (Wildman–Crippen LogP) is 2.26. The highest BCUT2D eigenvalue weighted by molar-refractivity contribution is 7.98. The van der Waals surface area contributed by atoms with Gasteiger partial charge in [0, 0.05) is 12.4 Å². The van der Waals surface area contributed by atoms with Crippen molar-refractivity contribution in [3.8, 4) is 0 Å². The molecule has 2 heterocycles. The third-order valence-electron chi connectivity index (χ3n) is 2.24. The van der Waals surface area contributed by atoms with Gasteiger partial charge in [0.25, 0.3) is 0 Å². The smallest absolute Gasteiger partial charge is 0.206 e. The lowest BCUT2D eigenvalue weighted by Crippen LogP contribution is -2.30. The molecule has 0 fully saturated rings. The maximum Gasteiger partial charge on any atom is 0.206 e. The molecule has 1 aliphatic rings. The van der Waals surface area contributed by atoms with Gasteiger partial charge in [0.05, 0.1) is 16.6 Å². The Morgan fingerprint density at radius 3 is 3.27 bits per heavy atom. The van der Waals surface area contributed by atoms with E-state index < -0.39 is 0 Å². The Hall–Kier alpha value is -1.23. The molecule has 1 aromatic heterocycles. The minimum atomic E-state index is 0.337. The van der Waals surface area contributed by atoms with Crippen LogP contribution in [0, 0.1) is 0 Å². The molecule has 5 heteroatoms. The van der Waals surface area contributed by atoms with Gasteiger partial charge in [0.2, 0.25) is 5.96 Å². The molecule has 0 saturated carbocycles. The van der Waals surface area contributed by atoms with Gasteiger partial charge in [-0.2, -0.15) is 0 Å². The standard InChI is InChI=1S/C10H14N4S/c1-3-7(2)12-10-13-8-4-5-11-6-9(8)15-14-10/h4-7H,3H2,1-2H3,(H2,12,13,14). The summed E-state index contributed by atoms with van der Waals surface area (Å²) >= 11 is 1.54. The van der Waals surface area contributed by atoms with E-state index in [1.54, 1.807) is 18.1 Å². The van der Waals surface area contributed by atoms with Crippen LogP contribution >= 0.6 is 11.9 Å².